The van der Waals surface area contributed by atoms with Crippen molar-refractivity contribution in [3.05, 3.63) is 17.3 Å². The molecule has 1 rings (SSSR count). The maximum Gasteiger partial charge on any atom is 0.574 e. The average Bonchev–Trinajstić information content (AvgIpc) is 2.24. The van der Waals surface area contributed by atoms with E-state index < -0.39 is 41.9 Å². The molecule has 1 aromatic heterocycles. The van der Waals surface area contributed by atoms with Gasteiger partial charge in [0.25, 0.3) is 6.43 Å². The number of nitrogens with zero attached hydrogens (tertiary/aromatic N) is 1. The summed E-state index contributed by atoms with van der Waals surface area (Å²) in [6.07, 6.45) is -14.2. The van der Waals surface area contributed by atoms with Crippen LogP contribution in [0.25, 0.3) is 0 Å². The zero-order valence-corrected chi connectivity index (χ0v) is 9.44. The first-order valence-electron chi connectivity index (χ1n) is 4.65. The summed E-state index contributed by atoms with van der Waals surface area (Å²) in [5.41, 5.74) is -3.44. The molecule has 1 heterocycles. The summed E-state index contributed by atoms with van der Waals surface area (Å²) in [5.74, 6) is -3.01. The van der Waals surface area contributed by atoms with Gasteiger partial charge in [-0.3, -0.25) is 0 Å². The van der Waals surface area contributed by atoms with Gasteiger partial charge in [-0.2, -0.15) is 13.2 Å². The van der Waals surface area contributed by atoms with Crippen LogP contribution in [0.15, 0.2) is 6.07 Å². The summed E-state index contributed by atoms with van der Waals surface area (Å²) in [5, 5.41) is 0. The molecule has 0 fully saturated rings. The Morgan fingerprint density at radius 3 is 2.00 bits per heavy atom. The summed E-state index contributed by atoms with van der Waals surface area (Å²) in [6.45, 7) is 0. The molecule has 0 atom stereocenters. The van der Waals surface area contributed by atoms with Gasteiger partial charge in [0.1, 0.15) is 5.56 Å². The molecule has 3 nitrogen and oxygen atoms in total. The molecule has 11 heteroatoms. The number of alkyl halides is 8. The molecule has 0 spiro atoms. The van der Waals surface area contributed by atoms with Crippen LogP contribution in [0.1, 0.15) is 17.7 Å². The first kappa shape index (κ1) is 16.2. The predicted octanol–water partition coefficient (Wildman–Crippen LogP) is 3.95. The van der Waals surface area contributed by atoms with E-state index in [1.165, 1.54) is 0 Å². The van der Waals surface area contributed by atoms with Gasteiger partial charge in [-0.1, -0.05) is 0 Å². The van der Waals surface area contributed by atoms with Gasteiger partial charge < -0.3 is 9.47 Å². The van der Waals surface area contributed by atoms with E-state index in [9.17, 15) is 35.1 Å². The van der Waals surface area contributed by atoms with Gasteiger partial charge in [-0.25, -0.2) is 13.8 Å². The van der Waals surface area contributed by atoms with E-state index in [2.05, 4.69) is 14.5 Å². The summed E-state index contributed by atoms with van der Waals surface area (Å²) >= 11 is 0. The van der Waals surface area contributed by atoms with E-state index >= 15 is 0 Å². The van der Waals surface area contributed by atoms with E-state index in [1.807, 2.05) is 0 Å². The number of hydrogen-bond donors (Lipinski definition) is 0. The number of halogens is 8. The molecule has 114 valence electrons. The Kier molecular flexibility index (Phi) is 4.30. The molecule has 0 aliphatic carbocycles. The Morgan fingerprint density at radius 2 is 1.65 bits per heavy atom. The Bertz CT molecular complexity index is 482. The van der Waals surface area contributed by atoms with Gasteiger partial charge in [0.05, 0.1) is 7.11 Å². The highest BCUT2D eigenvalue weighted by atomic mass is 19.4. The second-order valence-corrected chi connectivity index (χ2v) is 3.27. The molecule has 0 saturated heterocycles. The molecule has 0 unspecified atom stereocenters. The molecule has 0 radical (unpaired) electrons. The van der Waals surface area contributed by atoms with Gasteiger partial charge in [0.15, 0.2) is 11.4 Å². The monoisotopic (exact) mass is 311 g/mol. The van der Waals surface area contributed by atoms with Crippen molar-refractivity contribution in [2.45, 2.75) is 19.0 Å². The molecule has 0 aliphatic heterocycles. The van der Waals surface area contributed by atoms with Crippen molar-refractivity contribution in [1.29, 1.82) is 0 Å². The largest absolute Gasteiger partial charge is 0.574 e. The van der Waals surface area contributed by atoms with E-state index in [-0.39, 0.29) is 6.07 Å². The Morgan fingerprint density at radius 1 is 1.10 bits per heavy atom. The van der Waals surface area contributed by atoms with Crippen LogP contribution in [0.4, 0.5) is 35.1 Å². The van der Waals surface area contributed by atoms with Crippen LogP contribution in [-0.2, 0) is 6.18 Å². The number of hydrogen-bond acceptors (Lipinski definition) is 3. The van der Waals surface area contributed by atoms with Crippen LogP contribution in [0.2, 0.25) is 0 Å². The van der Waals surface area contributed by atoms with Gasteiger partial charge in [0, 0.05) is 6.07 Å². The highest BCUT2D eigenvalue weighted by molar-refractivity contribution is 5.43. The average molecular weight is 311 g/mol. The third kappa shape index (κ3) is 3.84. The van der Waals surface area contributed by atoms with Crippen molar-refractivity contribution in [3.63, 3.8) is 0 Å². The lowest BCUT2D eigenvalue weighted by atomic mass is 10.2. The van der Waals surface area contributed by atoms with Crippen LogP contribution in [0.3, 0.4) is 0 Å². The molecule has 0 saturated carbocycles. The molecule has 0 aromatic carbocycles. The lowest BCUT2D eigenvalue weighted by Gasteiger charge is -2.17. The molecule has 0 N–H and O–H groups in total. The van der Waals surface area contributed by atoms with Crippen LogP contribution in [0.5, 0.6) is 11.6 Å². The Labute approximate surface area is 106 Å². The second-order valence-electron chi connectivity index (χ2n) is 3.27. The first-order chi connectivity index (χ1) is 8.95. The topological polar surface area (TPSA) is 31.4 Å². The van der Waals surface area contributed by atoms with Gasteiger partial charge in [-0.15, -0.1) is 13.2 Å². The number of methoxy groups -OCH3 is 1. The van der Waals surface area contributed by atoms with E-state index in [0.29, 0.717) is 7.11 Å². The molecular weight excluding hydrogens is 306 g/mol. The maximum absolute atomic E-state index is 12.6. The second kappa shape index (κ2) is 5.29. The number of pyridine rings is 1. The van der Waals surface area contributed by atoms with Crippen LogP contribution < -0.4 is 9.47 Å². The lowest BCUT2D eigenvalue weighted by molar-refractivity contribution is -0.276. The van der Waals surface area contributed by atoms with Crippen molar-refractivity contribution in [2.24, 2.45) is 0 Å². The SMILES string of the molecule is COc1c(C(F)(F)F)cc(OC(F)(F)F)nc1C(F)F. The van der Waals surface area contributed by atoms with Crippen molar-refractivity contribution in [1.82, 2.24) is 4.98 Å². The summed E-state index contributed by atoms with van der Waals surface area (Å²) in [7, 11) is 0.655. The molecule has 1 aromatic rings. The van der Waals surface area contributed by atoms with Gasteiger partial charge in [-0.05, 0) is 0 Å². The number of aromatic nitrogens is 1. The van der Waals surface area contributed by atoms with Crippen molar-refractivity contribution in [2.75, 3.05) is 7.11 Å². The third-order valence-corrected chi connectivity index (χ3v) is 1.91. The minimum Gasteiger partial charge on any atom is -0.494 e. The molecule has 0 bridgehead atoms. The Balaban J connectivity index is 3.48. The number of ether oxygens (including phenoxy) is 2. The van der Waals surface area contributed by atoms with Crippen LogP contribution in [0, 0.1) is 0 Å². The van der Waals surface area contributed by atoms with Crippen molar-refractivity contribution >= 4 is 0 Å². The van der Waals surface area contributed by atoms with E-state index in [4.69, 9.17) is 0 Å². The highest BCUT2D eigenvalue weighted by Gasteiger charge is 2.40. The fourth-order valence-electron chi connectivity index (χ4n) is 1.27. The zero-order chi connectivity index (χ0) is 15.7. The Hall–Kier alpha value is -1.81. The quantitative estimate of drug-likeness (QED) is 0.792. The predicted molar refractivity (Wildman–Crippen MR) is 47.4 cm³/mol. The smallest absolute Gasteiger partial charge is 0.494 e. The van der Waals surface area contributed by atoms with Crippen LogP contribution >= 0.6 is 0 Å². The van der Waals surface area contributed by atoms with Crippen molar-refractivity contribution in [3.8, 4) is 11.6 Å². The number of rotatable bonds is 3. The van der Waals surface area contributed by atoms with Gasteiger partial charge in [0.2, 0.25) is 5.88 Å². The molecule has 0 amide bonds. The summed E-state index contributed by atoms with van der Waals surface area (Å²) in [6, 6.07) is -0.168. The maximum atomic E-state index is 12.6. The fraction of sp³-hybridized carbons (Fsp3) is 0.444. The minimum atomic E-state index is -5.37. The lowest BCUT2D eigenvalue weighted by Crippen LogP contribution is -2.20. The standard InChI is InChI=1S/C9H5F8NO2/c1-19-6-3(8(12,13)14)2-4(20-9(15,16)17)18-5(6)7(10)11/h2,7H,1H3. The highest BCUT2D eigenvalue weighted by Crippen LogP contribution is 2.42. The van der Waals surface area contributed by atoms with E-state index in [1.54, 1.807) is 0 Å². The van der Waals surface area contributed by atoms with Crippen LogP contribution in [-0.4, -0.2) is 18.5 Å². The van der Waals surface area contributed by atoms with Crippen molar-refractivity contribution < 1.29 is 44.6 Å². The minimum absolute atomic E-state index is 0.168. The van der Waals surface area contributed by atoms with E-state index in [0.717, 1.165) is 0 Å². The molecular formula is C9H5F8NO2. The third-order valence-electron chi connectivity index (χ3n) is 1.91. The summed E-state index contributed by atoms with van der Waals surface area (Å²) < 4.78 is 106. The fourth-order valence-corrected chi connectivity index (χ4v) is 1.27. The summed E-state index contributed by atoms with van der Waals surface area (Å²) in [4.78, 5) is 2.69. The zero-order valence-electron chi connectivity index (χ0n) is 9.44. The first-order valence-corrected chi connectivity index (χ1v) is 4.65. The normalized spacial score (nSPS) is 12.7. The molecule has 20 heavy (non-hydrogen) atoms. The molecule has 0 aliphatic rings. The van der Waals surface area contributed by atoms with Gasteiger partial charge >= 0.3 is 12.5 Å².